The first kappa shape index (κ1) is 16.3. The van der Waals surface area contributed by atoms with Gasteiger partial charge in [0.1, 0.15) is 5.88 Å². The lowest BCUT2D eigenvalue weighted by Gasteiger charge is -2.43. The van der Waals surface area contributed by atoms with Gasteiger partial charge in [-0.3, -0.25) is 4.79 Å². The summed E-state index contributed by atoms with van der Waals surface area (Å²) >= 11 is 5.72. The quantitative estimate of drug-likeness (QED) is 0.726. The highest BCUT2D eigenvalue weighted by Crippen LogP contribution is 2.36. The second-order valence-electron chi connectivity index (χ2n) is 6.00. The van der Waals surface area contributed by atoms with E-state index in [2.05, 4.69) is 19.0 Å². The molecule has 0 spiro atoms. The third kappa shape index (κ3) is 3.77. The molecule has 0 bridgehead atoms. The lowest BCUT2D eigenvalue weighted by molar-refractivity contribution is -0.140. The summed E-state index contributed by atoms with van der Waals surface area (Å²) in [6.07, 6.45) is 3.09. The van der Waals surface area contributed by atoms with Gasteiger partial charge in [-0.15, -0.1) is 11.6 Å². The van der Waals surface area contributed by atoms with Crippen molar-refractivity contribution in [2.75, 3.05) is 19.5 Å². The van der Waals surface area contributed by atoms with Crippen LogP contribution in [0.2, 0.25) is 0 Å². The third-order valence-corrected chi connectivity index (χ3v) is 4.39. The van der Waals surface area contributed by atoms with E-state index in [1.165, 1.54) is 0 Å². The zero-order chi connectivity index (χ0) is 15.5. The Balaban J connectivity index is 2.07. The van der Waals surface area contributed by atoms with Crippen molar-refractivity contribution >= 4 is 17.5 Å². The second kappa shape index (κ2) is 6.79. The van der Waals surface area contributed by atoms with Crippen LogP contribution in [0.3, 0.4) is 0 Å². The number of methoxy groups -OCH3 is 1. The second-order valence-corrected chi connectivity index (χ2v) is 6.26. The van der Waals surface area contributed by atoms with Gasteiger partial charge < -0.3 is 14.2 Å². The van der Waals surface area contributed by atoms with Crippen molar-refractivity contribution < 1.29 is 14.1 Å². The summed E-state index contributed by atoms with van der Waals surface area (Å²) in [6.45, 7) is 5.04. The van der Waals surface area contributed by atoms with E-state index in [1.807, 2.05) is 6.07 Å². The highest BCUT2D eigenvalue weighted by Gasteiger charge is 2.39. The molecule has 5 nitrogen and oxygen atoms in total. The molecule has 1 aliphatic rings. The van der Waals surface area contributed by atoms with Gasteiger partial charge >= 0.3 is 0 Å². The standard InChI is InChI=1S/C15H23ClN2O3/c1-11(2)13-7-12(21-17-13)9-18(14(19)8-16)10-15(20-3)5-4-6-15/h7,11H,4-6,8-10H2,1-3H3. The zero-order valence-corrected chi connectivity index (χ0v) is 13.7. The number of hydrogen-bond acceptors (Lipinski definition) is 4. The summed E-state index contributed by atoms with van der Waals surface area (Å²) in [7, 11) is 1.70. The van der Waals surface area contributed by atoms with Crippen LogP contribution in [0.1, 0.15) is 50.5 Å². The van der Waals surface area contributed by atoms with Gasteiger partial charge in [0.15, 0.2) is 5.76 Å². The van der Waals surface area contributed by atoms with Crippen molar-refractivity contribution in [1.29, 1.82) is 0 Å². The van der Waals surface area contributed by atoms with Crippen LogP contribution in [0, 0.1) is 0 Å². The number of carbonyl (C=O) groups excluding carboxylic acids is 1. The first-order valence-electron chi connectivity index (χ1n) is 7.34. The molecule has 1 amide bonds. The monoisotopic (exact) mass is 314 g/mol. The first-order chi connectivity index (χ1) is 9.99. The van der Waals surface area contributed by atoms with Crippen molar-refractivity contribution in [3.8, 4) is 0 Å². The summed E-state index contributed by atoms with van der Waals surface area (Å²) in [5, 5.41) is 4.03. The Hall–Kier alpha value is -1.07. The van der Waals surface area contributed by atoms with E-state index < -0.39 is 0 Å². The van der Waals surface area contributed by atoms with Gasteiger partial charge in [-0.05, 0) is 25.2 Å². The van der Waals surface area contributed by atoms with Gasteiger partial charge in [-0.25, -0.2) is 0 Å². The highest BCUT2D eigenvalue weighted by atomic mass is 35.5. The summed E-state index contributed by atoms with van der Waals surface area (Å²) in [5.41, 5.74) is 0.677. The number of hydrogen-bond donors (Lipinski definition) is 0. The van der Waals surface area contributed by atoms with Crippen LogP contribution < -0.4 is 0 Å². The summed E-state index contributed by atoms with van der Waals surface area (Å²) < 4.78 is 10.9. The number of rotatable bonds is 7. The van der Waals surface area contributed by atoms with E-state index >= 15 is 0 Å². The van der Waals surface area contributed by atoms with E-state index in [0.29, 0.717) is 24.8 Å². The van der Waals surface area contributed by atoms with Crippen molar-refractivity contribution in [1.82, 2.24) is 10.1 Å². The lowest BCUT2D eigenvalue weighted by atomic mass is 9.79. The van der Waals surface area contributed by atoms with Gasteiger partial charge in [0.2, 0.25) is 5.91 Å². The minimum atomic E-state index is -0.220. The van der Waals surface area contributed by atoms with Crippen LogP contribution in [0.25, 0.3) is 0 Å². The fraction of sp³-hybridized carbons (Fsp3) is 0.733. The molecular weight excluding hydrogens is 292 g/mol. The molecule has 0 aliphatic heterocycles. The molecular formula is C15H23ClN2O3. The van der Waals surface area contributed by atoms with Crippen LogP contribution in [0.4, 0.5) is 0 Å². The zero-order valence-electron chi connectivity index (χ0n) is 12.9. The topological polar surface area (TPSA) is 55.6 Å². The minimum absolute atomic E-state index is 0.0367. The maximum atomic E-state index is 12.1. The van der Waals surface area contributed by atoms with Crippen LogP contribution in [0.15, 0.2) is 10.6 Å². The van der Waals surface area contributed by atoms with Gasteiger partial charge in [-0.1, -0.05) is 19.0 Å². The summed E-state index contributed by atoms with van der Waals surface area (Å²) in [4.78, 5) is 13.8. The minimum Gasteiger partial charge on any atom is -0.376 e. The Kier molecular flexibility index (Phi) is 5.27. The third-order valence-electron chi connectivity index (χ3n) is 4.16. The van der Waals surface area contributed by atoms with Crippen LogP contribution in [0.5, 0.6) is 0 Å². The SMILES string of the molecule is COC1(CN(Cc2cc(C(C)C)no2)C(=O)CCl)CCC1. The Morgan fingerprint density at radius 2 is 2.29 bits per heavy atom. The largest absolute Gasteiger partial charge is 0.376 e. The fourth-order valence-corrected chi connectivity index (χ4v) is 2.70. The highest BCUT2D eigenvalue weighted by molar-refractivity contribution is 6.27. The average Bonchev–Trinajstić information content (AvgIpc) is 2.89. The number of halogens is 1. The van der Waals surface area contributed by atoms with Crippen molar-refractivity contribution in [3.05, 3.63) is 17.5 Å². The molecule has 118 valence electrons. The first-order valence-corrected chi connectivity index (χ1v) is 7.87. The molecule has 2 rings (SSSR count). The lowest BCUT2D eigenvalue weighted by Crippen LogP contribution is -2.51. The molecule has 0 N–H and O–H groups in total. The summed E-state index contributed by atoms with van der Waals surface area (Å²) in [6, 6.07) is 1.90. The molecule has 0 radical (unpaired) electrons. The number of amides is 1. The molecule has 1 fully saturated rings. The van der Waals surface area contributed by atoms with E-state index in [9.17, 15) is 4.79 Å². The summed E-state index contributed by atoms with van der Waals surface area (Å²) in [5.74, 6) is 0.840. The smallest absolute Gasteiger partial charge is 0.238 e. The molecule has 0 unspecified atom stereocenters. The Morgan fingerprint density at radius 1 is 1.57 bits per heavy atom. The Morgan fingerprint density at radius 3 is 2.71 bits per heavy atom. The molecule has 1 aromatic heterocycles. The number of aromatic nitrogens is 1. The van der Waals surface area contributed by atoms with E-state index in [4.69, 9.17) is 20.9 Å². The molecule has 0 aromatic carbocycles. The number of nitrogens with zero attached hydrogens (tertiary/aromatic N) is 2. The van der Waals surface area contributed by atoms with E-state index in [1.54, 1.807) is 12.0 Å². The van der Waals surface area contributed by atoms with Crippen molar-refractivity contribution in [3.63, 3.8) is 0 Å². The Labute approximate surface area is 130 Å². The van der Waals surface area contributed by atoms with Crippen molar-refractivity contribution in [2.45, 2.75) is 51.2 Å². The average molecular weight is 315 g/mol. The maximum absolute atomic E-state index is 12.1. The van der Waals surface area contributed by atoms with Gasteiger partial charge in [-0.2, -0.15) is 0 Å². The normalized spacial score (nSPS) is 16.8. The van der Waals surface area contributed by atoms with Crippen molar-refractivity contribution in [2.24, 2.45) is 0 Å². The van der Waals surface area contributed by atoms with Gasteiger partial charge in [0.05, 0.1) is 24.4 Å². The fourth-order valence-electron chi connectivity index (χ4n) is 2.53. The van der Waals surface area contributed by atoms with Gasteiger partial charge in [0, 0.05) is 13.2 Å². The molecule has 1 aromatic rings. The Bertz CT molecular complexity index is 478. The number of carbonyl (C=O) groups is 1. The molecule has 0 saturated heterocycles. The molecule has 6 heteroatoms. The molecule has 21 heavy (non-hydrogen) atoms. The van der Waals surface area contributed by atoms with E-state index in [-0.39, 0.29) is 17.4 Å². The maximum Gasteiger partial charge on any atom is 0.238 e. The molecule has 1 saturated carbocycles. The number of alkyl halides is 1. The van der Waals surface area contributed by atoms with Crippen LogP contribution >= 0.6 is 11.6 Å². The molecule has 1 heterocycles. The molecule has 0 atom stereocenters. The predicted molar refractivity (Wildman–Crippen MR) is 80.3 cm³/mol. The van der Waals surface area contributed by atoms with Crippen LogP contribution in [-0.4, -0.2) is 41.1 Å². The van der Waals surface area contributed by atoms with Crippen LogP contribution in [-0.2, 0) is 16.1 Å². The predicted octanol–water partition coefficient (Wildman–Crippen LogP) is 2.93. The number of ether oxygens (including phenoxy) is 1. The molecule has 1 aliphatic carbocycles. The van der Waals surface area contributed by atoms with E-state index in [0.717, 1.165) is 25.0 Å². The van der Waals surface area contributed by atoms with Gasteiger partial charge in [0.25, 0.3) is 0 Å².